The first kappa shape index (κ1) is 36.0. The van der Waals surface area contributed by atoms with Gasteiger partial charge in [0.15, 0.2) is 11.4 Å². The van der Waals surface area contributed by atoms with Crippen LogP contribution in [0.15, 0.2) is 41.5 Å². The molecule has 9 atom stereocenters. The normalized spacial score (nSPS) is 37.0. The lowest BCUT2D eigenvalue weighted by molar-refractivity contribution is -0.371. The van der Waals surface area contributed by atoms with Gasteiger partial charge < -0.3 is 38.6 Å². The largest absolute Gasteiger partial charge is 0.458 e. The summed E-state index contributed by atoms with van der Waals surface area (Å²) in [7, 11) is 0. The van der Waals surface area contributed by atoms with E-state index in [2.05, 4.69) is 0 Å². The van der Waals surface area contributed by atoms with Gasteiger partial charge in [-0.2, -0.15) is 0 Å². The van der Waals surface area contributed by atoms with E-state index in [0.717, 1.165) is 0 Å². The maximum Gasteiger partial charge on any atom is 0.338 e. The van der Waals surface area contributed by atoms with Crippen LogP contribution in [0.25, 0.3) is 0 Å². The Kier molecular flexibility index (Phi) is 9.16. The van der Waals surface area contributed by atoms with Gasteiger partial charge in [0.1, 0.15) is 30.0 Å². The van der Waals surface area contributed by atoms with Crippen LogP contribution in [0.4, 0.5) is 0 Å². The van der Waals surface area contributed by atoms with E-state index in [1.165, 1.54) is 34.6 Å². The van der Waals surface area contributed by atoms with Crippen LogP contribution in [-0.4, -0.2) is 88.2 Å². The van der Waals surface area contributed by atoms with Crippen LogP contribution in [0.3, 0.4) is 0 Å². The van der Waals surface area contributed by atoms with Crippen molar-refractivity contribution in [3.8, 4) is 0 Å². The summed E-state index contributed by atoms with van der Waals surface area (Å²) in [5.41, 5.74) is -4.58. The quantitative estimate of drug-likeness (QED) is 0.187. The molecule has 3 aliphatic carbocycles. The molecule has 4 aliphatic rings. The SMILES string of the molecule is CC(=O)O[C@H]1C[C@@]2(O)[C@@H](OC(=O)c3ccccc3)[C@H]3[C@](C)(C[C@H](OC(C)=O)C(=C1C)C2(C)C)[C@@H](OC(C)(C)O)C[C@H]1OC[C@]13OC(C)=O. The van der Waals surface area contributed by atoms with Crippen molar-refractivity contribution in [2.45, 2.75) is 129 Å². The van der Waals surface area contributed by atoms with Gasteiger partial charge in [-0.1, -0.05) is 39.0 Å². The Balaban J connectivity index is 1.86. The van der Waals surface area contributed by atoms with Crippen molar-refractivity contribution in [1.29, 1.82) is 0 Å². The second-order valence-corrected chi connectivity index (χ2v) is 15.1. The minimum Gasteiger partial charge on any atom is -0.458 e. The van der Waals surface area contributed by atoms with Crippen LogP contribution in [0.5, 0.6) is 0 Å². The Labute approximate surface area is 281 Å². The molecular weight excluding hydrogens is 624 g/mol. The number of carbonyl (C=O) groups excluding carboxylic acids is 4. The van der Waals surface area contributed by atoms with Gasteiger partial charge in [0.05, 0.1) is 24.2 Å². The molecule has 12 nitrogen and oxygen atoms in total. The Morgan fingerprint density at radius 1 is 0.896 bits per heavy atom. The Morgan fingerprint density at radius 3 is 2.02 bits per heavy atom. The number of aliphatic hydroxyl groups is 2. The summed E-state index contributed by atoms with van der Waals surface area (Å²) in [4.78, 5) is 52.2. The summed E-state index contributed by atoms with van der Waals surface area (Å²) in [6.45, 7) is 13.9. The number of rotatable bonds is 7. The second-order valence-electron chi connectivity index (χ2n) is 15.1. The maximum absolute atomic E-state index is 14.1. The van der Waals surface area contributed by atoms with E-state index < -0.39 is 88.1 Å². The molecule has 3 fully saturated rings. The predicted octanol–water partition coefficient (Wildman–Crippen LogP) is 3.80. The van der Waals surface area contributed by atoms with Crippen LogP contribution in [0, 0.1) is 16.7 Å². The summed E-state index contributed by atoms with van der Waals surface area (Å²) < 4.78 is 36.9. The monoisotopic (exact) mass is 672 g/mol. The van der Waals surface area contributed by atoms with Gasteiger partial charge in [-0.05, 0) is 50.5 Å². The van der Waals surface area contributed by atoms with Gasteiger partial charge >= 0.3 is 23.9 Å². The lowest BCUT2D eigenvalue weighted by atomic mass is 9.45. The van der Waals surface area contributed by atoms with Gasteiger partial charge in [0.25, 0.3) is 0 Å². The first-order valence-corrected chi connectivity index (χ1v) is 16.4. The molecule has 1 saturated heterocycles. The number of hydrogen-bond acceptors (Lipinski definition) is 12. The fourth-order valence-corrected chi connectivity index (χ4v) is 9.01. The van der Waals surface area contributed by atoms with Crippen LogP contribution < -0.4 is 0 Å². The van der Waals surface area contributed by atoms with Crippen molar-refractivity contribution in [3.05, 3.63) is 47.0 Å². The van der Waals surface area contributed by atoms with Gasteiger partial charge in [-0.15, -0.1) is 0 Å². The van der Waals surface area contributed by atoms with E-state index in [1.54, 1.807) is 51.1 Å². The van der Waals surface area contributed by atoms with Crippen molar-refractivity contribution >= 4 is 23.9 Å². The highest BCUT2D eigenvalue weighted by Gasteiger charge is 2.76. The molecule has 264 valence electrons. The topological polar surface area (TPSA) is 164 Å². The minimum absolute atomic E-state index is 0.0477. The Morgan fingerprint density at radius 2 is 1.50 bits per heavy atom. The van der Waals surface area contributed by atoms with Gasteiger partial charge in [-0.25, -0.2) is 4.79 Å². The van der Waals surface area contributed by atoms with Crippen LogP contribution in [0.2, 0.25) is 0 Å². The molecule has 0 aromatic heterocycles. The molecular formula is C36H48O12. The van der Waals surface area contributed by atoms with E-state index in [-0.39, 0.29) is 31.4 Å². The minimum atomic E-state index is -2.01. The summed E-state index contributed by atoms with van der Waals surface area (Å²) in [5.74, 6) is -5.20. The van der Waals surface area contributed by atoms with E-state index in [4.69, 9.17) is 28.4 Å². The molecule has 0 amide bonds. The summed E-state index contributed by atoms with van der Waals surface area (Å²) in [6, 6.07) is 8.31. The molecule has 2 bridgehead atoms. The molecule has 1 aromatic rings. The van der Waals surface area contributed by atoms with Crippen LogP contribution in [0.1, 0.15) is 91.9 Å². The molecule has 12 heteroatoms. The molecule has 0 radical (unpaired) electrons. The zero-order valence-corrected chi connectivity index (χ0v) is 29.2. The van der Waals surface area contributed by atoms with E-state index >= 15 is 0 Å². The van der Waals surface area contributed by atoms with Crippen LogP contribution >= 0.6 is 0 Å². The molecule has 0 unspecified atom stereocenters. The summed E-state index contributed by atoms with van der Waals surface area (Å²) >= 11 is 0. The number of hydrogen-bond donors (Lipinski definition) is 2. The number of esters is 4. The van der Waals surface area contributed by atoms with Gasteiger partial charge in [0, 0.05) is 44.4 Å². The molecule has 48 heavy (non-hydrogen) atoms. The third-order valence-electron chi connectivity index (χ3n) is 11.0. The van der Waals surface area contributed by atoms with Gasteiger partial charge in [-0.3, -0.25) is 14.4 Å². The number of benzene rings is 1. The van der Waals surface area contributed by atoms with E-state index in [1.807, 2.05) is 6.92 Å². The zero-order valence-electron chi connectivity index (χ0n) is 29.2. The summed E-state index contributed by atoms with van der Waals surface area (Å²) in [6.07, 6.45) is -4.95. The summed E-state index contributed by atoms with van der Waals surface area (Å²) in [5, 5.41) is 24.4. The predicted molar refractivity (Wildman–Crippen MR) is 169 cm³/mol. The highest BCUT2D eigenvalue weighted by atomic mass is 16.6. The van der Waals surface area contributed by atoms with Gasteiger partial charge in [0.2, 0.25) is 0 Å². The highest BCUT2D eigenvalue weighted by molar-refractivity contribution is 5.89. The molecule has 1 aromatic carbocycles. The lowest BCUT2D eigenvalue weighted by Crippen LogP contribution is -2.80. The number of ether oxygens (including phenoxy) is 6. The fraction of sp³-hybridized carbons (Fsp3) is 0.667. The van der Waals surface area contributed by atoms with Crippen molar-refractivity contribution in [2.24, 2.45) is 16.7 Å². The van der Waals surface area contributed by atoms with Crippen molar-refractivity contribution < 1.29 is 57.8 Å². The second kappa shape index (κ2) is 12.2. The van der Waals surface area contributed by atoms with Crippen molar-refractivity contribution in [1.82, 2.24) is 0 Å². The average molecular weight is 673 g/mol. The molecule has 0 spiro atoms. The molecule has 2 saturated carbocycles. The molecule has 1 heterocycles. The smallest absolute Gasteiger partial charge is 0.338 e. The van der Waals surface area contributed by atoms with Crippen molar-refractivity contribution in [3.63, 3.8) is 0 Å². The lowest BCUT2D eigenvalue weighted by Gasteiger charge is -2.68. The average Bonchev–Trinajstić information content (AvgIpc) is 2.94. The fourth-order valence-electron chi connectivity index (χ4n) is 9.01. The zero-order chi connectivity index (χ0) is 35.6. The highest BCUT2D eigenvalue weighted by Crippen LogP contribution is 2.66. The Bertz CT molecular complexity index is 1490. The standard InChI is InChI=1S/C36H48O12/c1-19-24(44-20(2)37)17-36(42)30(46-31(40)23-13-11-10-12-14-23)29-34(9,16-25(45-21(3)38)28(19)32(36,5)6)26(48-33(7,8)41)15-27-35(29,18-43-27)47-22(4)39/h10-14,24-27,29-30,41-42H,15-18H2,1-9H3/t24-,25-,26-,27+,29-,30-,34+,35-,36+/m0/s1. The number of fused-ring (bicyclic) bond motifs is 5. The first-order chi connectivity index (χ1) is 22.2. The van der Waals surface area contributed by atoms with E-state index in [0.29, 0.717) is 11.1 Å². The van der Waals surface area contributed by atoms with Crippen molar-refractivity contribution in [2.75, 3.05) is 6.61 Å². The third kappa shape index (κ3) is 5.94. The molecule has 2 N–H and O–H groups in total. The van der Waals surface area contributed by atoms with Crippen LogP contribution in [-0.2, 0) is 42.8 Å². The number of carbonyl (C=O) groups is 4. The molecule has 5 rings (SSSR count). The maximum atomic E-state index is 14.1. The third-order valence-corrected chi connectivity index (χ3v) is 11.0. The van der Waals surface area contributed by atoms with E-state index in [9.17, 15) is 29.4 Å². The Hall–Kier alpha value is -3.32. The molecule has 1 aliphatic heterocycles. The first-order valence-electron chi connectivity index (χ1n) is 16.4.